The predicted octanol–water partition coefficient (Wildman–Crippen LogP) is 5.74. The lowest BCUT2D eigenvalue weighted by Gasteiger charge is -2.17. The highest BCUT2D eigenvalue weighted by Crippen LogP contribution is 2.37. The Kier molecular flexibility index (Phi) is 8.10. The molecule has 3 rings (SSSR count). The first kappa shape index (κ1) is 23.1. The lowest BCUT2D eigenvalue weighted by atomic mass is 10.2. The summed E-state index contributed by atoms with van der Waals surface area (Å²) >= 11 is 3.22. The molecule has 3 aromatic rings. The molecule has 166 valence electrons. The van der Waals surface area contributed by atoms with Gasteiger partial charge < -0.3 is 24.5 Å². The van der Waals surface area contributed by atoms with Gasteiger partial charge in [0.15, 0.2) is 4.67 Å². The molecule has 8 heteroatoms. The molecule has 0 aliphatic rings. The Morgan fingerprint density at radius 2 is 1.56 bits per heavy atom. The topological polar surface area (TPSA) is 89.8 Å². The van der Waals surface area contributed by atoms with E-state index in [1.165, 1.54) is 6.08 Å². The van der Waals surface area contributed by atoms with Crippen LogP contribution in [0.3, 0.4) is 0 Å². The van der Waals surface area contributed by atoms with Crippen molar-refractivity contribution in [2.45, 2.75) is 13.8 Å². The van der Waals surface area contributed by atoms with Crippen molar-refractivity contribution in [2.75, 3.05) is 23.8 Å². The number of carbonyl (C=O) groups excluding carboxylic acids is 2. The molecule has 0 atom stereocenters. The fraction of sp³-hybridized carbons (Fsp3) is 0.167. The zero-order chi connectivity index (χ0) is 22.9. The van der Waals surface area contributed by atoms with Gasteiger partial charge in [0.2, 0.25) is 5.91 Å². The SMILES string of the molecule is CCOc1cc(NC(=O)c2ccccc2)c(OCC)cc1NC(=O)/C=C/c1ccc(Br)o1. The van der Waals surface area contributed by atoms with Gasteiger partial charge in [-0.15, -0.1) is 0 Å². The van der Waals surface area contributed by atoms with Crippen LogP contribution in [0.15, 0.2) is 69.8 Å². The molecule has 2 amide bonds. The van der Waals surface area contributed by atoms with Gasteiger partial charge in [-0.2, -0.15) is 0 Å². The van der Waals surface area contributed by atoms with Crippen molar-refractivity contribution in [3.05, 3.63) is 76.7 Å². The van der Waals surface area contributed by atoms with E-state index in [-0.39, 0.29) is 11.8 Å². The number of ether oxygens (including phenoxy) is 2. The Labute approximate surface area is 194 Å². The van der Waals surface area contributed by atoms with Crippen LogP contribution in [0, 0.1) is 0 Å². The van der Waals surface area contributed by atoms with Crippen molar-refractivity contribution in [3.8, 4) is 11.5 Å². The Hall–Kier alpha value is -3.52. The number of hydrogen-bond acceptors (Lipinski definition) is 5. The van der Waals surface area contributed by atoms with Crippen molar-refractivity contribution < 1.29 is 23.5 Å². The third-order valence-electron chi connectivity index (χ3n) is 4.22. The fourth-order valence-corrected chi connectivity index (χ4v) is 3.16. The minimum absolute atomic E-state index is 0.279. The van der Waals surface area contributed by atoms with Gasteiger partial charge in [0.1, 0.15) is 17.3 Å². The van der Waals surface area contributed by atoms with Crippen LogP contribution in [-0.4, -0.2) is 25.0 Å². The molecule has 0 aliphatic heterocycles. The minimum atomic E-state index is -0.373. The van der Waals surface area contributed by atoms with Crippen LogP contribution in [0.25, 0.3) is 6.08 Å². The molecule has 32 heavy (non-hydrogen) atoms. The maximum absolute atomic E-state index is 12.6. The monoisotopic (exact) mass is 498 g/mol. The van der Waals surface area contributed by atoms with Crippen LogP contribution in [0.2, 0.25) is 0 Å². The molecular weight excluding hydrogens is 476 g/mol. The molecule has 0 unspecified atom stereocenters. The number of carbonyl (C=O) groups is 2. The molecule has 7 nitrogen and oxygen atoms in total. The van der Waals surface area contributed by atoms with Gasteiger partial charge in [-0.1, -0.05) is 18.2 Å². The molecule has 0 saturated carbocycles. The van der Waals surface area contributed by atoms with E-state index in [1.54, 1.807) is 54.6 Å². The van der Waals surface area contributed by atoms with Crippen molar-refractivity contribution in [3.63, 3.8) is 0 Å². The van der Waals surface area contributed by atoms with Gasteiger partial charge in [0.05, 0.1) is 24.6 Å². The molecule has 0 spiro atoms. The van der Waals surface area contributed by atoms with E-state index in [0.29, 0.717) is 52.1 Å². The van der Waals surface area contributed by atoms with E-state index in [2.05, 4.69) is 26.6 Å². The summed E-state index contributed by atoms with van der Waals surface area (Å²) < 4.78 is 17.3. The predicted molar refractivity (Wildman–Crippen MR) is 127 cm³/mol. The molecule has 2 aromatic carbocycles. The Morgan fingerprint density at radius 1 is 0.938 bits per heavy atom. The number of furan rings is 1. The third-order valence-corrected chi connectivity index (χ3v) is 4.64. The highest BCUT2D eigenvalue weighted by atomic mass is 79.9. The van der Waals surface area contributed by atoms with Crippen LogP contribution in [0.4, 0.5) is 11.4 Å². The average molecular weight is 499 g/mol. The smallest absolute Gasteiger partial charge is 0.255 e. The molecular formula is C24H23BrN2O5. The number of nitrogens with one attached hydrogen (secondary N) is 2. The number of rotatable bonds is 9. The van der Waals surface area contributed by atoms with Crippen LogP contribution < -0.4 is 20.1 Å². The molecule has 1 aromatic heterocycles. The number of halogens is 1. The van der Waals surface area contributed by atoms with Crippen LogP contribution in [0.5, 0.6) is 11.5 Å². The maximum Gasteiger partial charge on any atom is 0.255 e. The number of hydrogen-bond donors (Lipinski definition) is 2. The average Bonchev–Trinajstić information content (AvgIpc) is 3.21. The molecule has 0 fully saturated rings. The van der Waals surface area contributed by atoms with E-state index in [1.807, 2.05) is 19.9 Å². The van der Waals surface area contributed by atoms with Gasteiger partial charge in [-0.05, 0) is 60.1 Å². The number of benzene rings is 2. The van der Waals surface area contributed by atoms with Gasteiger partial charge in [0.25, 0.3) is 5.91 Å². The highest BCUT2D eigenvalue weighted by Gasteiger charge is 2.16. The second kappa shape index (κ2) is 11.2. The van der Waals surface area contributed by atoms with Crippen molar-refractivity contribution >= 4 is 45.2 Å². The molecule has 0 radical (unpaired) electrons. The standard InChI is InChI=1S/C24H23BrN2O5/c1-3-30-20-15-19(27-24(29)16-8-6-5-7-9-16)21(31-4-2)14-18(20)26-23(28)13-11-17-10-12-22(25)32-17/h5-15H,3-4H2,1-2H3,(H,26,28)(H,27,29)/b13-11+. The second-order valence-corrected chi connectivity index (χ2v) is 7.28. The quantitative estimate of drug-likeness (QED) is 0.367. The summed E-state index contributed by atoms with van der Waals surface area (Å²) in [5.74, 6) is 0.697. The first-order valence-electron chi connectivity index (χ1n) is 10.0. The lowest BCUT2D eigenvalue weighted by molar-refractivity contribution is -0.111. The van der Waals surface area contributed by atoms with E-state index >= 15 is 0 Å². The normalized spacial score (nSPS) is 10.7. The zero-order valence-electron chi connectivity index (χ0n) is 17.7. The van der Waals surface area contributed by atoms with Crippen molar-refractivity contribution in [1.29, 1.82) is 0 Å². The van der Waals surface area contributed by atoms with E-state index < -0.39 is 0 Å². The lowest BCUT2D eigenvalue weighted by Crippen LogP contribution is -2.14. The summed E-state index contributed by atoms with van der Waals surface area (Å²) in [6, 6.07) is 15.6. The largest absolute Gasteiger partial charge is 0.492 e. The first-order valence-corrected chi connectivity index (χ1v) is 10.8. The fourth-order valence-electron chi connectivity index (χ4n) is 2.84. The third kappa shape index (κ3) is 6.24. The summed E-state index contributed by atoms with van der Waals surface area (Å²) in [5, 5.41) is 5.64. The summed E-state index contributed by atoms with van der Waals surface area (Å²) in [4.78, 5) is 25.1. The summed E-state index contributed by atoms with van der Waals surface area (Å²) in [6.07, 6.45) is 2.91. The van der Waals surface area contributed by atoms with Crippen molar-refractivity contribution in [2.24, 2.45) is 0 Å². The number of amides is 2. The van der Waals surface area contributed by atoms with Crippen LogP contribution >= 0.6 is 15.9 Å². The second-order valence-electron chi connectivity index (χ2n) is 6.50. The molecule has 2 N–H and O–H groups in total. The van der Waals surface area contributed by atoms with Gasteiger partial charge in [-0.25, -0.2) is 0 Å². The Balaban J connectivity index is 1.85. The zero-order valence-corrected chi connectivity index (χ0v) is 19.3. The highest BCUT2D eigenvalue weighted by molar-refractivity contribution is 9.10. The molecule has 0 bridgehead atoms. The first-order chi connectivity index (χ1) is 15.5. The van der Waals surface area contributed by atoms with E-state index in [0.717, 1.165) is 0 Å². The molecule has 0 saturated heterocycles. The van der Waals surface area contributed by atoms with Crippen LogP contribution in [-0.2, 0) is 4.79 Å². The summed E-state index contributed by atoms with van der Waals surface area (Å²) in [5.41, 5.74) is 1.38. The summed E-state index contributed by atoms with van der Waals surface area (Å²) in [6.45, 7) is 4.42. The maximum atomic E-state index is 12.6. The van der Waals surface area contributed by atoms with Crippen LogP contribution in [0.1, 0.15) is 30.0 Å². The van der Waals surface area contributed by atoms with E-state index in [9.17, 15) is 9.59 Å². The van der Waals surface area contributed by atoms with E-state index in [4.69, 9.17) is 13.9 Å². The number of anilines is 2. The molecule has 0 aliphatic carbocycles. The Bertz CT molecular complexity index is 1110. The van der Waals surface area contributed by atoms with Gasteiger partial charge >= 0.3 is 0 Å². The minimum Gasteiger partial charge on any atom is -0.492 e. The Morgan fingerprint density at radius 3 is 2.12 bits per heavy atom. The van der Waals surface area contributed by atoms with Crippen molar-refractivity contribution in [1.82, 2.24) is 0 Å². The van der Waals surface area contributed by atoms with Gasteiger partial charge in [-0.3, -0.25) is 9.59 Å². The summed E-state index contributed by atoms with van der Waals surface area (Å²) in [7, 11) is 0. The molecule has 1 heterocycles. The van der Waals surface area contributed by atoms with Gasteiger partial charge in [0, 0.05) is 23.8 Å².